The summed E-state index contributed by atoms with van der Waals surface area (Å²) in [5.41, 5.74) is 0. The van der Waals surface area contributed by atoms with Crippen molar-refractivity contribution in [1.82, 2.24) is 9.80 Å². The first kappa shape index (κ1) is 9.19. The zero-order chi connectivity index (χ0) is 10.4. The highest BCUT2D eigenvalue weighted by Gasteiger charge is 2.44. The van der Waals surface area contributed by atoms with E-state index in [1.54, 1.807) is 4.90 Å². The van der Waals surface area contributed by atoms with Crippen LogP contribution in [0.25, 0.3) is 0 Å². The van der Waals surface area contributed by atoms with Gasteiger partial charge in [-0.2, -0.15) is 0 Å². The van der Waals surface area contributed by atoms with E-state index in [0.717, 1.165) is 38.8 Å². The van der Waals surface area contributed by atoms with Crippen LogP contribution >= 0.6 is 0 Å². The van der Waals surface area contributed by atoms with Crippen LogP contribution in [-0.2, 0) is 9.59 Å². The molecule has 82 valence electrons. The van der Waals surface area contributed by atoms with Crippen LogP contribution in [0.5, 0.6) is 0 Å². The molecule has 0 aromatic carbocycles. The Labute approximate surface area is 89.2 Å². The van der Waals surface area contributed by atoms with E-state index in [4.69, 9.17) is 0 Å². The van der Waals surface area contributed by atoms with Crippen molar-refractivity contribution in [1.29, 1.82) is 0 Å². The van der Waals surface area contributed by atoms with Gasteiger partial charge in [-0.1, -0.05) is 0 Å². The van der Waals surface area contributed by atoms with Crippen molar-refractivity contribution < 1.29 is 9.59 Å². The summed E-state index contributed by atoms with van der Waals surface area (Å²) < 4.78 is 0. The topological polar surface area (TPSA) is 40.6 Å². The summed E-state index contributed by atoms with van der Waals surface area (Å²) in [5.74, 6) is 0.404. The monoisotopic (exact) mass is 208 g/mol. The van der Waals surface area contributed by atoms with Gasteiger partial charge in [0.2, 0.25) is 11.8 Å². The summed E-state index contributed by atoms with van der Waals surface area (Å²) in [7, 11) is 0. The van der Waals surface area contributed by atoms with Crippen molar-refractivity contribution in [3.8, 4) is 0 Å². The number of fused-ring (bicyclic) bond motifs is 2. The van der Waals surface area contributed by atoms with Crippen molar-refractivity contribution in [3.05, 3.63) is 0 Å². The Bertz CT molecular complexity index is 316. The first-order chi connectivity index (χ1) is 7.27. The third kappa shape index (κ3) is 1.27. The maximum absolute atomic E-state index is 12.2. The summed E-state index contributed by atoms with van der Waals surface area (Å²) in [5, 5.41) is 0. The van der Waals surface area contributed by atoms with Crippen LogP contribution in [0.3, 0.4) is 0 Å². The molecule has 0 N–H and O–H groups in total. The average Bonchev–Trinajstić information content (AvgIpc) is 2.82. The Kier molecular flexibility index (Phi) is 1.97. The molecule has 0 aromatic rings. The van der Waals surface area contributed by atoms with Crippen LogP contribution in [0, 0.1) is 0 Å². The van der Waals surface area contributed by atoms with E-state index in [9.17, 15) is 9.59 Å². The molecular formula is C11H16N2O2. The number of amides is 2. The summed E-state index contributed by atoms with van der Waals surface area (Å²) in [4.78, 5) is 27.9. The molecule has 3 aliphatic heterocycles. The van der Waals surface area contributed by atoms with Gasteiger partial charge in [-0.25, -0.2) is 0 Å². The van der Waals surface area contributed by atoms with Crippen LogP contribution in [0.4, 0.5) is 0 Å². The van der Waals surface area contributed by atoms with Crippen LogP contribution in [-0.4, -0.2) is 46.8 Å². The Morgan fingerprint density at radius 3 is 2.60 bits per heavy atom. The predicted octanol–water partition coefficient (Wildman–Crippen LogP) is 0.372. The number of nitrogens with zero attached hydrogens (tertiary/aromatic N) is 2. The minimum absolute atomic E-state index is 0.124. The van der Waals surface area contributed by atoms with Crippen LogP contribution in [0.2, 0.25) is 0 Å². The summed E-state index contributed by atoms with van der Waals surface area (Å²) >= 11 is 0. The Hall–Kier alpha value is -1.06. The van der Waals surface area contributed by atoms with Gasteiger partial charge in [0.25, 0.3) is 0 Å². The molecule has 3 aliphatic rings. The molecule has 2 amide bonds. The lowest BCUT2D eigenvalue weighted by Crippen LogP contribution is -2.43. The maximum atomic E-state index is 12.2. The van der Waals surface area contributed by atoms with Gasteiger partial charge >= 0.3 is 0 Å². The molecule has 0 aromatic heterocycles. The van der Waals surface area contributed by atoms with Gasteiger partial charge < -0.3 is 9.80 Å². The van der Waals surface area contributed by atoms with Gasteiger partial charge in [0, 0.05) is 25.6 Å². The molecule has 3 fully saturated rings. The standard InChI is InChI=1S/C11H16N2O2/c14-10-7-8-3-1-5-12(8)11(15)9-4-2-6-13(9)10/h8-9H,1-7H2. The molecule has 4 heteroatoms. The minimum Gasteiger partial charge on any atom is -0.337 e. The fraction of sp³-hybridized carbons (Fsp3) is 0.818. The molecule has 15 heavy (non-hydrogen) atoms. The molecule has 0 bridgehead atoms. The average molecular weight is 208 g/mol. The fourth-order valence-corrected chi connectivity index (χ4v) is 3.17. The van der Waals surface area contributed by atoms with Crippen molar-refractivity contribution in [2.75, 3.05) is 13.1 Å². The van der Waals surface area contributed by atoms with Gasteiger partial charge in [-0.3, -0.25) is 9.59 Å². The van der Waals surface area contributed by atoms with Crippen molar-refractivity contribution in [2.45, 2.75) is 44.2 Å². The van der Waals surface area contributed by atoms with Gasteiger partial charge in [0.15, 0.2) is 0 Å². The van der Waals surface area contributed by atoms with Crippen LogP contribution < -0.4 is 0 Å². The van der Waals surface area contributed by atoms with E-state index in [-0.39, 0.29) is 23.9 Å². The number of carbonyl (C=O) groups excluding carboxylic acids is 2. The second kappa shape index (κ2) is 3.22. The van der Waals surface area contributed by atoms with Gasteiger partial charge in [0.05, 0.1) is 0 Å². The molecule has 3 saturated heterocycles. The quantitative estimate of drug-likeness (QED) is 0.577. The third-order valence-corrected chi connectivity index (χ3v) is 3.93. The zero-order valence-corrected chi connectivity index (χ0v) is 8.82. The fourth-order valence-electron chi connectivity index (χ4n) is 3.17. The molecule has 0 spiro atoms. The van der Waals surface area contributed by atoms with Gasteiger partial charge in [-0.05, 0) is 25.7 Å². The second-order valence-corrected chi connectivity index (χ2v) is 4.78. The molecule has 3 rings (SSSR count). The molecule has 2 atom stereocenters. The highest BCUT2D eigenvalue weighted by Crippen LogP contribution is 2.30. The van der Waals surface area contributed by atoms with E-state index < -0.39 is 0 Å². The molecule has 0 saturated carbocycles. The van der Waals surface area contributed by atoms with E-state index in [0.29, 0.717) is 6.42 Å². The Balaban J connectivity index is 1.92. The maximum Gasteiger partial charge on any atom is 0.245 e. The highest BCUT2D eigenvalue weighted by molar-refractivity contribution is 5.91. The minimum atomic E-state index is -0.124. The number of carbonyl (C=O) groups is 2. The lowest BCUT2D eigenvalue weighted by molar-refractivity contribution is -0.139. The third-order valence-electron chi connectivity index (χ3n) is 3.93. The molecule has 0 aliphatic carbocycles. The first-order valence-electron chi connectivity index (χ1n) is 5.87. The summed E-state index contributed by atoms with van der Waals surface area (Å²) in [6.45, 7) is 1.65. The molecule has 0 radical (unpaired) electrons. The van der Waals surface area contributed by atoms with Gasteiger partial charge in [-0.15, -0.1) is 0 Å². The SMILES string of the molecule is O=C1C2CCCN2C(=O)CC2CCCN12. The van der Waals surface area contributed by atoms with Crippen molar-refractivity contribution >= 4 is 11.8 Å². The second-order valence-electron chi connectivity index (χ2n) is 4.78. The summed E-state index contributed by atoms with van der Waals surface area (Å²) in [6.07, 6.45) is 4.49. The smallest absolute Gasteiger partial charge is 0.245 e. The molecule has 4 nitrogen and oxygen atoms in total. The largest absolute Gasteiger partial charge is 0.337 e. The molecular weight excluding hydrogens is 192 g/mol. The lowest BCUT2D eigenvalue weighted by Gasteiger charge is -2.24. The van der Waals surface area contributed by atoms with Gasteiger partial charge in [0.1, 0.15) is 6.04 Å². The number of hydrogen-bond acceptors (Lipinski definition) is 2. The predicted molar refractivity (Wildman–Crippen MR) is 54.1 cm³/mol. The molecule has 3 heterocycles. The Morgan fingerprint density at radius 2 is 1.73 bits per heavy atom. The normalized spacial score (nSPS) is 35.5. The summed E-state index contributed by atoms with van der Waals surface area (Å²) in [6, 6.07) is 0.0798. The molecule has 2 unspecified atom stereocenters. The van der Waals surface area contributed by atoms with E-state index in [1.165, 1.54) is 0 Å². The van der Waals surface area contributed by atoms with Crippen molar-refractivity contribution in [3.63, 3.8) is 0 Å². The van der Waals surface area contributed by atoms with E-state index in [1.807, 2.05) is 4.90 Å². The van der Waals surface area contributed by atoms with Crippen LogP contribution in [0.1, 0.15) is 32.1 Å². The first-order valence-corrected chi connectivity index (χ1v) is 5.87. The van der Waals surface area contributed by atoms with Crippen LogP contribution in [0.15, 0.2) is 0 Å². The lowest BCUT2D eigenvalue weighted by atomic mass is 10.1. The van der Waals surface area contributed by atoms with E-state index in [2.05, 4.69) is 0 Å². The zero-order valence-electron chi connectivity index (χ0n) is 8.82. The van der Waals surface area contributed by atoms with Crippen molar-refractivity contribution in [2.24, 2.45) is 0 Å². The Morgan fingerprint density at radius 1 is 1.00 bits per heavy atom. The number of hydrogen-bond donors (Lipinski definition) is 0. The highest BCUT2D eigenvalue weighted by atomic mass is 16.2. The van der Waals surface area contributed by atoms with E-state index >= 15 is 0 Å². The number of rotatable bonds is 0.